The van der Waals surface area contributed by atoms with Crippen molar-refractivity contribution in [3.8, 4) is 5.82 Å². The van der Waals surface area contributed by atoms with Crippen molar-refractivity contribution in [3.05, 3.63) is 60.7 Å². The number of pyridine rings is 1. The third-order valence-corrected chi connectivity index (χ3v) is 5.91. The standard InChI is InChI=1S/C19H17F3N6O3S/c1-31-8-7-27-18-13(10-24-27)3-2-4-16(18)26-32(29,30)15-11-25-28(12-15)17-9-14(5-6-23-17)19(20,21)22/h2-6,9-12,26H,7-8H2,1H3. The second kappa shape index (κ2) is 8.24. The molecule has 4 rings (SSSR count). The first-order valence-electron chi connectivity index (χ1n) is 9.23. The van der Waals surface area contributed by atoms with Crippen molar-refractivity contribution in [2.24, 2.45) is 0 Å². The fourth-order valence-corrected chi connectivity index (χ4v) is 4.06. The number of methoxy groups -OCH3 is 1. The number of nitrogens with zero attached hydrogens (tertiary/aromatic N) is 5. The largest absolute Gasteiger partial charge is 0.416 e. The van der Waals surface area contributed by atoms with Crippen molar-refractivity contribution in [2.75, 3.05) is 18.4 Å². The molecule has 32 heavy (non-hydrogen) atoms. The predicted octanol–water partition coefficient (Wildman–Crippen LogP) is 3.08. The Balaban J connectivity index is 1.65. The lowest BCUT2D eigenvalue weighted by Gasteiger charge is -2.10. The second-order valence-electron chi connectivity index (χ2n) is 6.73. The van der Waals surface area contributed by atoms with Crippen molar-refractivity contribution in [2.45, 2.75) is 17.6 Å². The number of nitrogens with one attached hydrogen (secondary N) is 1. The summed E-state index contributed by atoms with van der Waals surface area (Å²) in [6, 6.07) is 6.66. The number of fused-ring (bicyclic) bond motifs is 1. The van der Waals surface area contributed by atoms with Crippen molar-refractivity contribution < 1.29 is 26.3 Å². The smallest absolute Gasteiger partial charge is 0.383 e. The molecule has 3 aromatic heterocycles. The molecule has 4 aromatic rings. The summed E-state index contributed by atoms with van der Waals surface area (Å²) in [6.07, 6.45) is 0.153. The molecule has 0 bridgehead atoms. The van der Waals surface area contributed by atoms with Gasteiger partial charge in [0.2, 0.25) is 0 Å². The summed E-state index contributed by atoms with van der Waals surface area (Å²) in [7, 11) is -2.55. The first-order chi connectivity index (χ1) is 15.2. The summed E-state index contributed by atoms with van der Waals surface area (Å²) >= 11 is 0. The highest BCUT2D eigenvalue weighted by Gasteiger charge is 2.31. The molecule has 0 aliphatic rings. The van der Waals surface area contributed by atoms with Crippen molar-refractivity contribution >= 4 is 26.6 Å². The maximum absolute atomic E-state index is 13.0. The third kappa shape index (κ3) is 4.29. The van der Waals surface area contributed by atoms with Crippen LogP contribution < -0.4 is 4.72 Å². The van der Waals surface area contributed by atoms with Gasteiger partial charge in [0.15, 0.2) is 5.82 Å². The average Bonchev–Trinajstić information content (AvgIpc) is 3.40. The van der Waals surface area contributed by atoms with Gasteiger partial charge in [-0.25, -0.2) is 18.1 Å². The highest BCUT2D eigenvalue weighted by atomic mass is 32.2. The SMILES string of the molecule is COCCn1ncc2cccc(NS(=O)(=O)c3cnn(-c4cc(C(F)(F)F)ccn4)c3)c21. The number of alkyl halides is 3. The van der Waals surface area contributed by atoms with Crippen LogP contribution in [0.2, 0.25) is 0 Å². The minimum Gasteiger partial charge on any atom is -0.383 e. The van der Waals surface area contributed by atoms with E-state index in [0.717, 1.165) is 40.8 Å². The summed E-state index contributed by atoms with van der Waals surface area (Å²) in [6.45, 7) is 0.798. The fourth-order valence-electron chi connectivity index (χ4n) is 3.07. The highest BCUT2D eigenvalue weighted by Crippen LogP contribution is 2.30. The first kappa shape index (κ1) is 21.8. The second-order valence-corrected chi connectivity index (χ2v) is 8.41. The quantitative estimate of drug-likeness (QED) is 0.449. The van der Waals surface area contributed by atoms with E-state index in [4.69, 9.17) is 4.74 Å². The summed E-state index contributed by atoms with van der Waals surface area (Å²) < 4.78 is 74.9. The molecule has 0 atom stereocenters. The lowest BCUT2D eigenvalue weighted by molar-refractivity contribution is -0.137. The number of halogens is 3. The summed E-state index contributed by atoms with van der Waals surface area (Å²) in [5.74, 6) is -0.166. The number of ether oxygens (including phenoxy) is 1. The number of sulfonamides is 1. The molecule has 0 aliphatic carbocycles. The van der Waals surface area contributed by atoms with Crippen LogP contribution in [0.15, 0.2) is 60.0 Å². The van der Waals surface area contributed by atoms with Crippen LogP contribution in [0.25, 0.3) is 16.7 Å². The van der Waals surface area contributed by atoms with Crippen LogP contribution >= 0.6 is 0 Å². The van der Waals surface area contributed by atoms with Crippen LogP contribution in [0, 0.1) is 0 Å². The number of hydrogen-bond acceptors (Lipinski definition) is 6. The van der Waals surface area contributed by atoms with Crippen LogP contribution in [-0.2, 0) is 27.5 Å². The van der Waals surface area contributed by atoms with E-state index in [0.29, 0.717) is 24.4 Å². The Morgan fingerprint density at radius 3 is 2.72 bits per heavy atom. The van der Waals surface area contributed by atoms with Gasteiger partial charge in [0.1, 0.15) is 4.90 Å². The average molecular weight is 466 g/mol. The van der Waals surface area contributed by atoms with E-state index in [1.807, 2.05) is 0 Å². The predicted molar refractivity (Wildman–Crippen MR) is 109 cm³/mol. The number of benzene rings is 1. The van der Waals surface area contributed by atoms with Crippen LogP contribution in [0.1, 0.15) is 5.56 Å². The zero-order valence-electron chi connectivity index (χ0n) is 16.6. The lowest BCUT2D eigenvalue weighted by atomic mass is 10.2. The van der Waals surface area contributed by atoms with Gasteiger partial charge in [0.05, 0.1) is 48.5 Å². The maximum atomic E-state index is 13.0. The molecule has 0 radical (unpaired) electrons. The Morgan fingerprint density at radius 2 is 1.97 bits per heavy atom. The van der Waals surface area contributed by atoms with E-state index in [9.17, 15) is 21.6 Å². The monoisotopic (exact) mass is 466 g/mol. The van der Waals surface area contributed by atoms with E-state index < -0.39 is 21.8 Å². The third-order valence-electron chi connectivity index (χ3n) is 4.59. The number of aromatic nitrogens is 5. The van der Waals surface area contributed by atoms with E-state index in [1.54, 1.807) is 36.2 Å². The van der Waals surface area contributed by atoms with Gasteiger partial charge in [-0.3, -0.25) is 9.40 Å². The lowest BCUT2D eigenvalue weighted by Crippen LogP contribution is -2.14. The van der Waals surface area contributed by atoms with Crippen LogP contribution in [-0.4, -0.2) is 46.7 Å². The number of rotatable bonds is 7. The Kier molecular flexibility index (Phi) is 5.60. The van der Waals surface area contributed by atoms with Gasteiger partial charge in [-0.1, -0.05) is 12.1 Å². The minimum absolute atomic E-state index is 0.166. The Labute approximate surface area is 180 Å². The van der Waals surface area contributed by atoms with Crippen molar-refractivity contribution in [3.63, 3.8) is 0 Å². The van der Waals surface area contributed by atoms with Gasteiger partial charge in [-0.15, -0.1) is 0 Å². The van der Waals surface area contributed by atoms with Crippen LogP contribution in [0.4, 0.5) is 18.9 Å². The van der Waals surface area contributed by atoms with Gasteiger partial charge >= 0.3 is 6.18 Å². The summed E-state index contributed by atoms with van der Waals surface area (Å²) in [5, 5.41) is 8.84. The van der Waals surface area contributed by atoms with Gasteiger partial charge < -0.3 is 4.74 Å². The number of para-hydroxylation sites is 1. The molecular weight excluding hydrogens is 449 g/mol. The summed E-state index contributed by atoms with van der Waals surface area (Å²) in [5.41, 5.74) is -0.0577. The molecule has 0 fully saturated rings. The Morgan fingerprint density at radius 1 is 1.16 bits per heavy atom. The highest BCUT2D eigenvalue weighted by molar-refractivity contribution is 7.92. The van der Waals surface area contributed by atoms with Gasteiger partial charge in [-0.2, -0.15) is 23.4 Å². The molecule has 0 aliphatic heterocycles. The number of anilines is 1. The molecule has 13 heteroatoms. The molecule has 0 saturated heterocycles. The van der Waals surface area contributed by atoms with Gasteiger partial charge in [0, 0.05) is 18.7 Å². The molecule has 1 aromatic carbocycles. The molecule has 0 amide bonds. The van der Waals surface area contributed by atoms with Crippen molar-refractivity contribution in [1.82, 2.24) is 24.5 Å². The maximum Gasteiger partial charge on any atom is 0.416 e. The molecule has 9 nitrogen and oxygen atoms in total. The molecule has 168 valence electrons. The molecule has 3 heterocycles. The van der Waals surface area contributed by atoms with Gasteiger partial charge in [0.25, 0.3) is 10.0 Å². The molecule has 0 spiro atoms. The van der Waals surface area contributed by atoms with E-state index in [-0.39, 0.29) is 10.7 Å². The van der Waals surface area contributed by atoms with Crippen LogP contribution in [0.3, 0.4) is 0 Å². The zero-order valence-corrected chi connectivity index (χ0v) is 17.4. The zero-order chi connectivity index (χ0) is 22.9. The van der Waals surface area contributed by atoms with Crippen molar-refractivity contribution in [1.29, 1.82) is 0 Å². The first-order valence-corrected chi connectivity index (χ1v) is 10.7. The minimum atomic E-state index is -4.56. The van der Waals surface area contributed by atoms with Crippen LogP contribution in [0.5, 0.6) is 0 Å². The van der Waals surface area contributed by atoms with Gasteiger partial charge in [-0.05, 0) is 18.2 Å². The molecular formula is C19H17F3N6O3S. The Hall–Kier alpha value is -3.45. The van der Waals surface area contributed by atoms with E-state index in [2.05, 4.69) is 19.9 Å². The topological polar surface area (TPSA) is 104 Å². The van der Waals surface area contributed by atoms with E-state index in [1.165, 1.54) is 0 Å². The number of hydrogen-bond donors (Lipinski definition) is 1. The molecule has 0 unspecified atom stereocenters. The molecule has 0 saturated carbocycles. The Bertz CT molecular complexity index is 1360. The van der Waals surface area contributed by atoms with E-state index >= 15 is 0 Å². The fraction of sp³-hybridized carbons (Fsp3) is 0.211. The molecule has 1 N–H and O–H groups in total. The normalized spacial score (nSPS) is 12.4. The summed E-state index contributed by atoms with van der Waals surface area (Å²) in [4.78, 5) is 3.60.